The molecular formula is C30H24BrClN6OS. The third-order valence-electron chi connectivity index (χ3n) is 6.39. The molecule has 0 aliphatic carbocycles. The van der Waals surface area contributed by atoms with Crippen molar-refractivity contribution in [1.82, 2.24) is 25.1 Å². The summed E-state index contributed by atoms with van der Waals surface area (Å²) in [5.74, 6) is 13.1. The number of amides is 1. The maximum atomic E-state index is 13.1. The van der Waals surface area contributed by atoms with Crippen LogP contribution in [0.4, 0.5) is 0 Å². The first-order valence-corrected chi connectivity index (χ1v) is 14.8. The van der Waals surface area contributed by atoms with Gasteiger partial charge in [-0.1, -0.05) is 57.4 Å². The van der Waals surface area contributed by atoms with E-state index in [2.05, 4.69) is 74.0 Å². The van der Waals surface area contributed by atoms with Crippen molar-refractivity contribution in [1.29, 1.82) is 0 Å². The number of carbonyl (C=O) groups excluding carboxylic acids is 1. The number of hydrogen-bond acceptors (Lipinski definition) is 6. The van der Waals surface area contributed by atoms with Gasteiger partial charge in [0.25, 0.3) is 0 Å². The van der Waals surface area contributed by atoms with Crippen LogP contribution in [0.25, 0.3) is 5.00 Å². The molecule has 0 fully saturated rings. The van der Waals surface area contributed by atoms with Gasteiger partial charge < -0.3 is 5.32 Å². The first-order valence-electron chi connectivity index (χ1n) is 12.5. The Morgan fingerprint density at radius 3 is 2.62 bits per heavy atom. The lowest BCUT2D eigenvalue weighted by molar-refractivity contribution is -0.121. The molecule has 3 aromatic heterocycles. The average Bonchev–Trinajstić information content (AvgIpc) is 3.43. The molecule has 1 aromatic carbocycles. The quantitative estimate of drug-likeness (QED) is 0.238. The number of carbonyl (C=O) groups is 1. The third-order valence-corrected chi connectivity index (χ3v) is 8.11. The Morgan fingerprint density at radius 1 is 1.10 bits per heavy atom. The highest BCUT2D eigenvalue weighted by atomic mass is 79.9. The average molecular weight is 632 g/mol. The number of halogens is 2. The first-order chi connectivity index (χ1) is 19.4. The molecule has 200 valence electrons. The predicted octanol–water partition coefficient (Wildman–Crippen LogP) is 5.50. The topological polar surface area (TPSA) is 85.1 Å². The minimum absolute atomic E-state index is 0.100. The van der Waals surface area contributed by atoms with Crippen LogP contribution in [0.15, 0.2) is 47.6 Å². The van der Waals surface area contributed by atoms with Crippen LogP contribution < -0.4 is 5.32 Å². The number of alkyl halides is 1. The van der Waals surface area contributed by atoms with Gasteiger partial charge in [-0.2, -0.15) is 0 Å². The summed E-state index contributed by atoms with van der Waals surface area (Å²) in [6.07, 6.45) is 1.78. The van der Waals surface area contributed by atoms with Gasteiger partial charge in [-0.05, 0) is 56.5 Å². The molecule has 7 nitrogen and oxygen atoms in total. The lowest BCUT2D eigenvalue weighted by atomic mass is 9.99. The highest BCUT2D eigenvalue weighted by Gasteiger charge is 2.32. The number of aliphatic imine (C=N–C) groups is 1. The van der Waals surface area contributed by atoms with E-state index in [4.69, 9.17) is 16.6 Å². The Balaban J connectivity index is 1.39. The molecule has 1 atom stereocenters. The number of nitrogens with zero attached hydrogens (tertiary/aromatic N) is 5. The minimum atomic E-state index is -0.533. The van der Waals surface area contributed by atoms with E-state index in [0.717, 1.165) is 38.8 Å². The van der Waals surface area contributed by atoms with Crippen molar-refractivity contribution >= 4 is 50.5 Å². The van der Waals surface area contributed by atoms with Crippen LogP contribution >= 0.6 is 38.9 Å². The molecule has 10 heteroatoms. The van der Waals surface area contributed by atoms with Crippen LogP contribution in [0, 0.1) is 44.5 Å². The molecule has 1 amide bonds. The molecule has 5 rings (SSSR count). The van der Waals surface area contributed by atoms with Gasteiger partial charge in [0.1, 0.15) is 22.6 Å². The molecule has 0 saturated carbocycles. The second kappa shape index (κ2) is 12.2. The van der Waals surface area contributed by atoms with Gasteiger partial charge in [0, 0.05) is 32.8 Å². The SMILES string of the molecule is Cc1sc2c(c1C)C(c1ccc(Cl)cc1)=NC(CC(=O)NCC#Cc1ccc(C#CCBr)cn1)c1nnc(C)n1-2. The molecule has 1 unspecified atom stereocenters. The maximum Gasteiger partial charge on any atom is 0.223 e. The number of hydrogen-bond donors (Lipinski definition) is 1. The minimum Gasteiger partial charge on any atom is -0.345 e. The Morgan fingerprint density at radius 2 is 1.90 bits per heavy atom. The number of rotatable bonds is 4. The maximum absolute atomic E-state index is 13.1. The third kappa shape index (κ3) is 5.88. The fourth-order valence-electron chi connectivity index (χ4n) is 4.34. The molecule has 0 spiro atoms. The Labute approximate surface area is 250 Å². The number of pyridine rings is 1. The Hall–Kier alpha value is -3.76. The summed E-state index contributed by atoms with van der Waals surface area (Å²) >= 11 is 11.1. The number of thiophene rings is 1. The van der Waals surface area contributed by atoms with E-state index < -0.39 is 6.04 Å². The van der Waals surface area contributed by atoms with Crippen molar-refractivity contribution < 1.29 is 4.79 Å². The van der Waals surface area contributed by atoms with Crippen molar-refractivity contribution in [3.63, 3.8) is 0 Å². The molecule has 40 heavy (non-hydrogen) atoms. The van der Waals surface area contributed by atoms with E-state index in [1.54, 1.807) is 17.5 Å². The number of benzene rings is 1. The van der Waals surface area contributed by atoms with Crippen molar-refractivity contribution in [2.24, 2.45) is 4.99 Å². The number of aromatic nitrogens is 4. The van der Waals surface area contributed by atoms with Gasteiger partial charge in [-0.3, -0.25) is 14.4 Å². The molecule has 0 saturated heterocycles. The summed E-state index contributed by atoms with van der Waals surface area (Å²) in [5.41, 5.74) is 5.34. The molecule has 0 bridgehead atoms. The van der Waals surface area contributed by atoms with Gasteiger partial charge in [0.05, 0.1) is 24.0 Å². The summed E-state index contributed by atoms with van der Waals surface area (Å²) in [7, 11) is 0. The van der Waals surface area contributed by atoms with Crippen LogP contribution in [-0.4, -0.2) is 43.2 Å². The molecule has 1 aliphatic rings. The summed E-state index contributed by atoms with van der Waals surface area (Å²) in [6, 6.07) is 10.8. The van der Waals surface area contributed by atoms with E-state index >= 15 is 0 Å². The summed E-state index contributed by atoms with van der Waals surface area (Å²) in [6.45, 7) is 6.30. The number of nitrogens with one attached hydrogen (secondary N) is 1. The fourth-order valence-corrected chi connectivity index (χ4v) is 5.82. The van der Waals surface area contributed by atoms with Crippen LogP contribution in [0.5, 0.6) is 0 Å². The standard InChI is InChI=1S/C30H24BrClN6OS/c1-18-19(2)40-30-27(18)28(22-9-11-23(32)12-10-22)35-25(29-37-36-20(3)38(29)30)16-26(39)33-15-5-7-24-13-8-21(17-34-24)6-4-14-31/h8-13,17,25H,14-16H2,1-3H3,(H,33,39). The smallest absolute Gasteiger partial charge is 0.223 e. The van der Waals surface area contributed by atoms with E-state index in [-0.39, 0.29) is 18.9 Å². The van der Waals surface area contributed by atoms with Crippen molar-refractivity contribution in [2.75, 3.05) is 11.9 Å². The monoisotopic (exact) mass is 630 g/mol. The highest BCUT2D eigenvalue weighted by Crippen LogP contribution is 2.39. The van der Waals surface area contributed by atoms with Crippen molar-refractivity contribution in [3.05, 3.63) is 92.1 Å². The zero-order valence-electron chi connectivity index (χ0n) is 22.0. The van der Waals surface area contributed by atoms with E-state index in [1.165, 1.54) is 4.88 Å². The molecule has 1 N–H and O–H groups in total. The van der Waals surface area contributed by atoms with Gasteiger partial charge in [0.2, 0.25) is 5.91 Å². The zero-order valence-corrected chi connectivity index (χ0v) is 25.2. The normalized spacial score (nSPS) is 13.5. The van der Waals surface area contributed by atoms with E-state index in [9.17, 15) is 4.79 Å². The first kappa shape index (κ1) is 27.8. The van der Waals surface area contributed by atoms with Gasteiger partial charge in [-0.15, -0.1) is 21.5 Å². The highest BCUT2D eigenvalue weighted by molar-refractivity contribution is 9.09. The summed E-state index contributed by atoms with van der Waals surface area (Å²) < 4.78 is 2.03. The van der Waals surface area contributed by atoms with E-state index in [0.29, 0.717) is 21.9 Å². The largest absolute Gasteiger partial charge is 0.345 e. The second-order valence-corrected chi connectivity index (χ2v) is 11.3. The molecule has 4 aromatic rings. The Kier molecular flexibility index (Phi) is 8.46. The fraction of sp³-hybridized carbons (Fsp3) is 0.233. The Bertz CT molecular complexity index is 1730. The zero-order chi connectivity index (χ0) is 28.2. The predicted molar refractivity (Wildman–Crippen MR) is 163 cm³/mol. The summed E-state index contributed by atoms with van der Waals surface area (Å²) in [4.78, 5) is 23.7. The molecule has 4 heterocycles. The molecule has 1 aliphatic heterocycles. The van der Waals surface area contributed by atoms with Crippen LogP contribution in [0.1, 0.15) is 56.9 Å². The number of fused-ring (bicyclic) bond motifs is 3. The second-order valence-electron chi connectivity index (χ2n) is 9.05. The summed E-state index contributed by atoms with van der Waals surface area (Å²) in [5, 5.41) is 13.9. The lowest BCUT2D eigenvalue weighted by Gasteiger charge is -2.12. The van der Waals surface area contributed by atoms with Gasteiger partial charge in [-0.25, -0.2) is 4.98 Å². The molecule has 0 radical (unpaired) electrons. The van der Waals surface area contributed by atoms with Gasteiger partial charge in [0.15, 0.2) is 5.82 Å². The van der Waals surface area contributed by atoms with E-state index in [1.807, 2.05) is 47.9 Å². The van der Waals surface area contributed by atoms with Crippen molar-refractivity contribution in [2.45, 2.75) is 33.2 Å². The van der Waals surface area contributed by atoms with Crippen LogP contribution in [-0.2, 0) is 4.79 Å². The number of aryl methyl sites for hydroxylation is 2. The molecular weight excluding hydrogens is 608 g/mol. The lowest BCUT2D eigenvalue weighted by Crippen LogP contribution is -2.25. The van der Waals surface area contributed by atoms with Crippen LogP contribution in [0.3, 0.4) is 0 Å². The van der Waals surface area contributed by atoms with Crippen LogP contribution in [0.2, 0.25) is 5.02 Å². The van der Waals surface area contributed by atoms with Crippen molar-refractivity contribution in [3.8, 4) is 28.7 Å². The van der Waals surface area contributed by atoms with Gasteiger partial charge >= 0.3 is 0 Å².